The van der Waals surface area contributed by atoms with Gasteiger partial charge in [0, 0.05) is 13.6 Å². The Morgan fingerprint density at radius 3 is 2.53 bits per heavy atom. The summed E-state index contributed by atoms with van der Waals surface area (Å²) in [7, 11) is 1.85. The van der Waals surface area contributed by atoms with Gasteiger partial charge in [0.05, 0.1) is 0 Å². The van der Waals surface area contributed by atoms with Crippen LogP contribution in [-0.2, 0) is 4.79 Å². The number of anilines is 2. The Morgan fingerprint density at radius 1 is 1.47 bits per heavy atom. The van der Waals surface area contributed by atoms with Gasteiger partial charge in [0.1, 0.15) is 16.2 Å². The Bertz CT molecular complexity index is 497. The first-order valence-corrected chi connectivity index (χ1v) is 6.60. The van der Waals surface area contributed by atoms with Gasteiger partial charge in [-0.05, 0) is 20.8 Å². The molecule has 0 aliphatic heterocycles. The lowest BCUT2D eigenvalue weighted by atomic mass is 10.1. The molecule has 2 amide bonds. The minimum Gasteiger partial charge on any atom is -0.382 e. The van der Waals surface area contributed by atoms with Crippen LogP contribution in [-0.4, -0.2) is 35.9 Å². The maximum Gasteiger partial charge on any atom is 0.266 e. The van der Waals surface area contributed by atoms with Gasteiger partial charge in [0.15, 0.2) is 5.13 Å². The van der Waals surface area contributed by atoms with Crippen molar-refractivity contribution in [1.29, 1.82) is 0 Å². The van der Waals surface area contributed by atoms with E-state index in [2.05, 4.69) is 10.3 Å². The lowest BCUT2D eigenvalue weighted by Gasteiger charge is -2.21. The van der Waals surface area contributed by atoms with E-state index in [1.54, 1.807) is 0 Å². The summed E-state index contributed by atoms with van der Waals surface area (Å²) < 4.78 is 0. The summed E-state index contributed by atoms with van der Waals surface area (Å²) in [6, 6.07) is 0. The van der Waals surface area contributed by atoms with Crippen LogP contribution in [0.3, 0.4) is 0 Å². The van der Waals surface area contributed by atoms with Crippen molar-refractivity contribution in [1.82, 2.24) is 10.3 Å². The summed E-state index contributed by atoms with van der Waals surface area (Å²) in [5.74, 6) is -0.914. The monoisotopic (exact) mass is 285 g/mol. The van der Waals surface area contributed by atoms with Crippen LogP contribution in [0.15, 0.2) is 0 Å². The molecule has 0 radical (unpaired) electrons. The first kappa shape index (κ1) is 15.2. The zero-order valence-corrected chi connectivity index (χ0v) is 12.3. The molecule has 8 heteroatoms. The van der Waals surface area contributed by atoms with Crippen LogP contribution in [0.2, 0.25) is 0 Å². The third-order valence-corrected chi connectivity index (χ3v) is 3.88. The van der Waals surface area contributed by atoms with Crippen molar-refractivity contribution in [2.75, 3.05) is 24.2 Å². The number of amides is 2. The molecule has 1 aromatic heterocycles. The van der Waals surface area contributed by atoms with Gasteiger partial charge in [-0.15, -0.1) is 0 Å². The second-order valence-electron chi connectivity index (χ2n) is 4.67. The van der Waals surface area contributed by atoms with Crippen LogP contribution in [0.5, 0.6) is 0 Å². The van der Waals surface area contributed by atoms with E-state index in [1.165, 1.54) is 25.2 Å². The molecule has 0 saturated heterocycles. The van der Waals surface area contributed by atoms with Crippen molar-refractivity contribution in [3.63, 3.8) is 0 Å². The van der Waals surface area contributed by atoms with Gasteiger partial charge < -0.3 is 21.7 Å². The highest BCUT2D eigenvalue weighted by atomic mass is 32.1. The van der Waals surface area contributed by atoms with E-state index < -0.39 is 17.4 Å². The third-order valence-electron chi connectivity index (χ3n) is 2.69. The number of nitrogens with two attached hydrogens (primary N) is 2. The number of aromatic nitrogens is 1. The predicted octanol–water partition coefficient (Wildman–Crippen LogP) is 0.175. The minimum absolute atomic E-state index is 0.151. The summed E-state index contributed by atoms with van der Waals surface area (Å²) in [6.07, 6.45) is 0. The van der Waals surface area contributed by atoms with Crippen LogP contribution < -0.4 is 21.7 Å². The highest BCUT2D eigenvalue weighted by molar-refractivity contribution is 7.18. The maximum atomic E-state index is 12.1. The van der Waals surface area contributed by atoms with Gasteiger partial charge in [0.2, 0.25) is 5.91 Å². The summed E-state index contributed by atoms with van der Waals surface area (Å²) in [5.41, 5.74) is 9.80. The number of nitrogens with zero attached hydrogens (tertiary/aromatic N) is 2. The van der Waals surface area contributed by atoms with Gasteiger partial charge >= 0.3 is 0 Å². The fourth-order valence-electron chi connectivity index (χ4n) is 1.18. The molecule has 0 saturated carbocycles. The first-order valence-electron chi connectivity index (χ1n) is 5.79. The molecule has 0 aliphatic carbocycles. The molecule has 106 valence electrons. The van der Waals surface area contributed by atoms with E-state index in [1.807, 2.05) is 18.9 Å². The van der Waals surface area contributed by atoms with Crippen LogP contribution in [0.25, 0.3) is 0 Å². The Hall–Kier alpha value is -1.83. The average Bonchev–Trinajstić information content (AvgIpc) is 2.69. The molecule has 0 aliphatic rings. The molecule has 5 N–H and O–H groups in total. The molecule has 1 aromatic rings. The van der Waals surface area contributed by atoms with Gasteiger partial charge in [0.25, 0.3) is 5.91 Å². The molecule has 1 rings (SSSR count). The van der Waals surface area contributed by atoms with Gasteiger partial charge in [-0.1, -0.05) is 11.3 Å². The standard InChI is InChI=1S/C11H19N5O2S/c1-5-16(4)10-14-7(12)6(19-10)8(17)15-11(2,3)9(13)18/h5,12H2,1-4H3,(H2,13,18)(H,15,17). The predicted molar refractivity (Wildman–Crippen MR) is 76.2 cm³/mol. The summed E-state index contributed by atoms with van der Waals surface area (Å²) in [4.78, 5) is 29.5. The van der Waals surface area contributed by atoms with E-state index in [9.17, 15) is 9.59 Å². The molecule has 1 heterocycles. The summed E-state index contributed by atoms with van der Waals surface area (Å²) in [5, 5.41) is 3.20. The summed E-state index contributed by atoms with van der Waals surface area (Å²) >= 11 is 1.18. The summed E-state index contributed by atoms with van der Waals surface area (Å²) in [6.45, 7) is 5.78. The van der Waals surface area contributed by atoms with Crippen LogP contribution in [0.1, 0.15) is 30.4 Å². The van der Waals surface area contributed by atoms with Crippen LogP contribution in [0, 0.1) is 0 Å². The van der Waals surface area contributed by atoms with E-state index in [0.29, 0.717) is 5.13 Å². The number of primary amides is 1. The average molecular weight is 285 g/mol. The van der Waals surface area contributed by atoms with Crippen molar-refractivity contribution in [2.45, 2.75) is 26.3 Å². The smallest absolute Gasteiger partial charge is 0.266 e. The molecule has 0 bridgehead atoms. The molecule has 0 atom stereocenters. The number of carbonyl (C=O) groups is 2. The Morgan fingerprint density at radius 2 is 2.05 bits per heavy atom. The minimum atomic E-state index is -1.13. The van der Waals surface area contributed by atoms with E-state index in [-0.39, 0.29) is 10.7 Å². The number of nitrogens with one attached hydrogen (secondary N) is 1. The van der Waals surface area contributed by atoms with E-state index in [4.69, 9.17) is 11.5 Å². The van der Waals surface area contributed by atoms with Crippen molar-refractivity contribution in [2.24, 2.45) is 5.73 Å². The highest BCUT2D eigenvalue weighted by Crippen LogP contribution is 2.27. The highest BCUT2D eigenvalue weighted by Gasteiger charge is 2.29. The van der Waals surface area contributed by atoms with E-state index in [0.717, 1.165) is 6.54 Å². The fourth-order valence-corrected chi connectivity index (χ4v) is 2.09. The lowest BCUT2D eigenvalue weighted by Crippen LogP contribution is -2.52. The number of thiazole rings is 1. The quantitative estimate of drug-likeness (QED) is 0.713. The number of nitrogen functional groups attached to an aromatic ring is 1. The largest absolute Gasteiger partial charge is 0.382 e. The Kier molecular flexibility index (Phi) is 4.35. The van der Waals surface area contributed by atoms with Crippen molar-refractivity contribution in [3.05, 3.63) is 4.88 Å². The van der Waals surface area contributed by atoms with Crippen molar-refractivity contribution < 1.29 is 9.59 Å². The molecule has 0 spiro atoms. The number of hydrogen-bond donors (Lipinski definition) is 3. The Labute approximate surface area is 116 Å². The van der Waals surface area contributed by atoms with Crippen molar-refractivity contribution >= 4 is 34.1 Å². The molecule has 0 fully saturated rings. The molecule has 0 unspecified atom stereocenters. The zero-order chi connectivity index (χ0) is 14.8. The number of rotatable bonds is 5. The molecule has 19 heavy (non-hydrogen) atoms. The van der Waals surface area contributed by atoms with Crippen LogP contribution >= 0.6 is 11.3 Å². The zero-order valence-electron chi connectivity index (χ0n) is 11.5. The van der Waals surface area contributed by atoms with Gasteiger partial charge in [-0.25, -0.2) is 4.98 Å². The molecular weight excluding hydrogens is 266 g/mol. The van der Waals surface area contributed by atoms with Crippen molar-refractivity contribution in [3.8, 4) is 0 Å². The lowest BCUT2D eigenvalue weighted by molar-refractivity contribution is -0.122. The van der Waals surface area contributed by atoms with Gasteiger partial charge in [-0.3, -0.25) is 9.59 Å². The third kappa shape index (κ3) is 3.34. The van der Waals surface area contributed by atoms with Crippen LogP contribution in [0.4, 0.5) is 10.9 Å². The normalized spacial score (nSPS) is 11.2. The number of carbonyl (C=O) groups excluding carboxylic acids is 2. The molecular formula is C11H19N5O2S. The topological polar surface area (TPSA) is 114 Å². The van der Waals surface area contributed by atoms with Gasteiger partial charge in [-0.2, -0.15) is 0 Å². The van der Waals surface area contributed by atoms with E-state index >= 15 is 0 Å². The number of hydrogen-bond acceptors (Lipinski definition) is 6. The Balaban J connectivity index is 2.95. The molecule has 7 nitrogen and oxygen atoms in total. The maximum absolute atomic E-state index is 12.1. The molecule has 0 aromatic carbocycles. The SMILES string of the molecule is CCN(C)c1nc(N)c(C(=O)NC(C)(C)C(N)=O)s1. The second kappa shape index (κ2) is 5.43. The fraction of sp³-hybridized carbons (Fsp3) is 0.545. The first-order chi connectivity index (χ1) is 8.69. The second-order valence-corrected chi connectivity index (χ2v) is 5.65.